The summed E-state index contributed by atoms with van der Waals surface area (Å²) in [5.41, 5.74) is 7.57. The Balaban J connectivity index is 2.23. The third-order valence-electron chi connectivity index (χ3n) is 3.52. The van der Waals surface area contributed by atoms with Crippen LogP contribution in [0.1, 0.15) is 28.8 Å². The zero-order valence-electron chi connectivity index (χ0n) is 12.3. The van der Waals surface area contributed by atoms with Crippen molar-refractivity contribution in [1.82, 2.24) is 4.90 Å². The molecule has 6 nitrogen and oxygen atoms in total. The van der Waals surface area contributed by atoms with Crippen LogP contribution in [0.25, 0.3) is 0 Å². The first-order valence-corrected chi connectivity index (χ1v) is 8.79. The van der Waals surface area contributed by atoms with Gasteiger partial charge in [0, 0.05) is 24.7 Å². The molecule has 21 heavy (non-hydrogen) atoms. The lowest BCUT2D eigenvalue weighted by Crippen LogP contribution is -2.45. The molecule has 0 aromatic heterocycles. The van der Waals surface area contributed by atoms with Gasteiger partial charge in [0.15, 0.2) is 0 Å². The van der Waals surface area contributed by atoms with Crippen LogP contribution in [0, 0.1) is 6.92 Å². The predicted octanol–water partition coefficient (Wildman–Crippen LogP) is 0.930. The number of amides is 1. The molecular formula is C14H21N3O3S. The molecule has 1 aromatic rings. The third-order valence-corrected chi connectivity index (χ3v) is 4.12. The quantitative estimate of drug-likeness (QED) is 0.868. The Morgan fingerprint density at radius 2 is 2.14 bits per heavy atom. The highest BCUT2D eigenvalue weighted by molar-refractivity contribution is 7.92. The zero-order chi connectivity index (χ0) is 15.6. The fourth-order valence-corrected chi connectivity index (χ4v) is 3.06. The van der Waals surface area contributed by atoms with Crippen molar-refractivity contribution in [2.75, 3.05) is 24.1 Å². The van der Waals surface area contributed by atoms with Gasteiger partial charge in [-0.05, 0) is 37.5 Å². The Bertz CT molecular complexity index is 643. The maximum absolute atomic E-state index is 12.5. The average molecular weight is 311 g/mol. The molecule has 1 aromatic carbocycles. The van der Waals surface area contributed by atoms with Crippen LogP contribution >= 0.6 is 0 Å². The standard InChI is InChI=1S/C14H21N3O3S/c1-10-5-6-11(8-13(10)16-21(2,19)20)14(18)17-7-3-4-12(15)9-17/h5-6,8,12,16H,3-4,7,9,15H2,1-2H3. The van der Waals surface area contributed by atoms with Crippen LogP contribution in [0.4, 0.5) is 5.69 Å². The number of nitrogens with two attached hydrogens (primary N) is 1. The summed E-state index contributed by atoms with van der Waals surface area (Å²) in [7, 11) is -3.37. The molecule has 1 aliphatic rings. The van der Waals surface area contributed by atoms with Crippen molar-refractivity contribution in [1.29, 1.82) is 0 Å². The molecule has 116 valence electrons. The fraction of sp³-hybridized carbons (Fsp3) is 0.500. The molecule has 0 saturated carbocycles. The van der Waals surface area contributed by atoms with Gasteiger partial charge in [0.25, 0.3) is 5.91 Å². The number of hydrogen-bond acceptors (Lipinski definition) is 4. The van der Waals surface area contributed by atoms with Gasteiger partial charge in [0.1, 0.15) is 0 Å². The summed E-state index contributed by atoms with van der Waals surface area (Å²) in [5, 5.41) is 0. The summed E-state index contributed by atoms with van der Waals surface area (Å²) in [6.07, 6.45) is 2.91. The highest BCUT2D eigenvalue weighted by Crippen LogP contribution is 2.20. The van der Waals surface area contributed by atoms with Crippen molar-refractivity contribution in [3.63, 3.8) is 0 Å². The van der Waals surface area contributed by atoms with E-state index in [1.165, 1.54) is 0 Å². The topological polar surface area (TPSA) is 92.5 Å². The van der Waals surface area contributed by atoms with E-state index in [0.717, 1.165) is 24.7 Å². The smallest absolute Gasteiger partial charge is 0.253 e. The number of piperidine rings is 1. The van der Waals surface area contributed by atoms with E-state index in [-0.39, 0.29) is 11.9 Å². The number of carbonyl (C=O) groups is 1. The van der Waals surface area contributed by atoms with Gasteiger partial charge < -0.3 is 10.6 Å². The van der Waals surface area contributed by atoms with Crippen LogP contribution in [0.15, 0.2) is 18.2 Å². The van der Waals surface area contributed by atoms with E-state index in [0.29, 0.717) is 24.3 Å². The molecule has 7 heteroatoms. The SMILES string of the molecule is Cc1ccc(C(=O)N2CCCC(N)C2)cc1NS(C)(=O)=O. The normalized spacial score (nSPS) is 19.4. The first-order chi connectivity index (χ1) is 9.76. The Morgan fingerprint density at radius 1 is 1.43 bits per heavy atom. The Morgan fingerprint density at radius 3 is 2.76 bits per heavy atom. The molecule has 0 spiro atoms. The summed E-state index contributed by atoms with van der Waals surface area (Å²) in [6, 6.07) is 5.05. The molecule has 0 bridgehead atoms. The highest BCUT2D eigenvalue weighted by Gasteiger charge is 2.22. The number of likely N-dealkylation sites (tertiary alicyclic amines) is 1. The van der Waals surface area contributed by atoms with Crippen molar-refractivity contribution in [3.8, 4) is 0 Å². The van der Waals surface area contributed by atoms with Gasteiger partial charge in [-0.3, -0.25) is 9.52 Å². The number of aryl methyl sites for hydroxylation is 1. The Labute approximate surface area is 125 Å². The second-order valence-electron chi connectivity index (χ2n) is 5.56. The van der Waals surface area contributed by atoms with Crippen LogP contribution in [0.5, 0.6) is 0 Å². The molecule has 1 fully saturated rings. The average Bonchev–Trinajstić information content (AvgIpc) is 2.39. The van der Waals surface area contributed by atoms with Gasteiger partial charge in [-0.2, -0.15) is 0 Å². The number of carbonyl (C=O) groups excluding carboxylic acids is 1. The lowest BCUT2D eigenvalue weighted by atomic mass is 10.0. The van der Waals surface area contributed by atoms with E-state index in [4.69, 9.17) is 5.73 Å². The summed E-state index contributed by atoms with van der Waals surface area (Å²) in [5.74, 6) is -0.110. The summed E-state index contributed by atoms with van der Waals surface area (Å²) in [4.78, 5) is 14.2. The Kier molecular flexibility index (Phi) is 4.53. The summed E-state index contributed by atoms with van der Waals surface area (Å²) in [6.45, 7) is 3.02. The molecule has 1 unspecified atom stereocenters. The number of anilines is 1. The van der Waals surface area contributed by atoms with Gasteiger partial charge in [0.2, 0.25) is 10.0 Å². The minimum Gasteiger partial charge on any atom is -0.337 e. The van der Waals surface area contributed by atoms with Crippen molar-refractivity contribution in [2.45, 2.75) is 25.8 Å². The zero-order valence-corrected chi connectivity index (χ0v) is 13.1. The first kappa shape index (κ1) is 15.8. The molecule has 1 aliphatic heterocycles. The molecule has 0 radical (unpaired) electrons. The molecule has 1 amide bonds. The van der Waals surface area contributed by atoms with E-state index in [1.54, 1.807) is 30.0 Å². The van der Waals surface area contributed by atoms with Crippen LogP contribution in [-0.2, 0) is 10.0 Å². The lowest BCUT2D eigenvalue weighted by molar-refractivity contribution is 0.0709. The predicted molar refractivity (Wildman–Crippen MR) is 82.8 cm³/mol. The van der Waals surface area contributed by atoms with Gasteiger partial charge in [-0.15, -0.1) is 0 Å². The molecular weight excluding hydrogens is 290 g/mol. The second-order valence-corrected chi connectivity index (χ2v) is 7.31. The maximum atomic E-state index is 12.5. The highest BCUT2D eigenvalue weighted by atomic mass is 32.2. The molecule has 1 heterocycles. The minimum absolute atomic E-state index is 0.0155. The number of nitrogens with zero attached hydrogens (tertiary/aromatic N) is 1. The lowest BCUT2D eigenvalue weighted by Gasteiger charge is -2.31. The van der Waals surface area contributed by atoms with Crippen molar-refractivity contribution < 1.29 is 13.2 Å². The van der Waals surface area contributed by atoms with Gasteiger partial charge in [0.05, 0.1) is 11.9 Å². The van der Waals surface area contributed by atoms with Gasteiger partial charge in [-0.25, -0.2) is 8.42 Å². The fourth-order valence-electron chi connectivity index (χ4n) is 2.44. The monoisotopic (exact) mass is 311 g/mol. The molecule has 3 N–H and O–H groups in total. The maximum Gasteiger partial charge on any atom is 0.253 e. The number of hydrogen-bond donors (Lipinski definition) is 2. The van der Waals surface area contributed by atoms with E-state index in [1.807, 2.05) is 0 Å². The number of sulfonamides is 1. The largest absolute Gasteiger partial charge is 0.337 e. The van der Waals surface area contributed by atoms with Crippen LogP contribution < -0.4 is 10.5 Å². The number of benzene rings is 1. The second kappa shape index (κ2) is 6.03. The van der Waals surface area contributed by atoms with Crippen LogP contribution in [0.3, 0.4) is 0 Å². The number of rotatable bonds is 3. The molecule has 1 saturated heterocycles. The Hall–Kier alpha value is -1.60. The first-order valence-electron chi connectivity index (χ1n) is 6.89. The van der Waals surface area contributed by atoms with E-state index in [9.17, 15) is 13.2 Å². The summed E-state index contributed by atoms with van der Waals surface area (Å²) < 4.78 is 25.1. The van der Waals surface area contributed by atoms with Crippen molar-refractivity contribution >= 4 is 21.6 Å². The van der Waals surface area contributed by atoms with E-state index >= 15 is 0 Å². The minimum atomic E-state index is -3.37. The molecule has 1 atom stereocenters. The van der Waals surface area contributed by atoms with E-state index < -0.39 is 10.0 Å². The molecule has 2 rings (SSSR count). The van der Waals surface area contributed by atoms with Crippen molar-refractivity contribution in [2.24, 2.45) is 5.73 Å². The van der Waals surface area contributed by atoms with E-state index in [2.05, 4.69) is 4.72 Å². The van der Waals surface area contributed by atoms with Gasteiger partial charge in [-0.1, -0.05) is 6.07 Å². The van der Waals surface area contributed by atoms with Gasteiger partial charge >= 0.3 is 0 Å². The van der Waals surface area contributed by atoms with Crippen LogP contribution in [-0.4, -0.2) is 44.6 Å². The summed E-state index contributed by atoms with van der Waals surface area (Å²) >= 11 is 0. The van der Waals surface area contributed by atoms with Crippen molar-refractivity contribution in [3.05, 3.63) is 29.3 Å². The number of nitrogens with one attached hydrogen (secondary N) is 1. The molecule has 0 aliphatic carbocycles. The third kappa shape index (κ3) is 4.18. The van der Waals surface area contributed by atoms with Crippen LogP contribution in [0.2, 0.25) is 0 Å².